The fourth-order valence-corrected chi connectivity index (χ4v) is 4.40. The SMILES string of the molecule is O=C(N[C@@H]1C[C@H]2CC[C@@H]1N2)c1ccc(Sc2ccccc2Cl)o1. The first-order chi connectivity index (χ1) is 11.2. The number of carbonyl (C=O) groups is 1. The molecule has 3 heterocycles. The van der Waals surface area contributed by atoms with Gasteiger partial charge in [0.1, 0.15) is 0 Å². The summed E-state index contributed by atoms with van der Waals surface area (Å²) in [6.07, 6.45) is 3.37. The molecule has 23 heavy (non-hydrogen) atoms. The molecular weight excluding hydrogens is 332 g/mol. The van der Waals surface area contributed by atoms with Crippen LogP contribution >= 0.6 is 23.4 Å². The van der Waals surface area contributed by atoms with Crippen LogP contribution in [0.4, 0.5) is 0 Å². The van der Waals surface area contributed by atoms with E-state index in [2.05, 4.69) is 10.6 Å². The summed E-state index contributed by atoms with van der Waals surface area (Å²) in [7, 11) is 0. The molecule has 2 aliphatic heterocycles. The molecule has 1 amide bonds. The summed E-state index contributed by atoms with van der Waals surface area (Å²) in [4.78, 5) is 13.3. The molecule has 2 N–H and O–H groups in total. The highest BCUT2D eigenvalue weighted by Crippen LogP contribution is 2.34. The van der Waals surface area contributed by atoms with Gasteiger partial charge in [0.25, 0.3) is 5.91 Å². The molecule has 0 saturated carbocycles. The summed E-state index contributed by atoms with van der Waals surface area (Å²) in [6, 6.07) is 12.3. The van der Waals surface area contributed by atoms with E-state index in [-0.39, 0.29) is 11.9 Å². The molecule has 0 spiro atoms. The Morgan fingerprint density at radius 3 is 2.87 bits per heavy atom. The number of amides is 1. The predicted molar refractivity (Wildman–Crippen MR) is 90.1 cm³/mol. The van der Waals surface area contributed by atoms with Gasteiger partial charge in [0, 0.05) is 23.0 Å². The molecule has 4 nitrogen and oxygen atoms in total. The maximum Gasteiger partial charge on any atom is 0.287 e. The van der Waals surface area contributed by atoms with Crippen LogP contribution in [0.25, 0.3) is 0 Å². The monoisotopic (exact) mass is 348 g/mol. The van der Waals surface area contributed by atoms with Crippen molar-refractivity contribution in [1.29, 1.82) is 0 Å². The Bertz CT molecular complexity index is 733. The van der Waals surface area contributed by atoms with Gasteiger partial charge in [0.15, 0.2) is 10.9 Å². The van der Waals surface area contributed by atoms with Crippen LogP contribution in [0.3, 0.4) is 0 Å². The van der Waals surface area contributed by atoms with Crippen LogP contribution in [0.5, 0.6) is 0 Å². The zero-order chi connectivity index (χ0) is 15.8. The Morgan fingerprint density at radius 1 is 1.26 bits per heavy atom. The third-order valence-corrected chi connectivity index (χ3v) is 5.91. The number of furan rings is 1. The van der Waals surface area contributed by atoms with Gasteiger partial charge in [-0.05, 0) is 43.5 Å². The number of hydrogen-bond acceptors (Lipinski definition) is 4. The highest BCUT2D eigenvalue weighted by Gasteiger charge is 2.39. The van der Waals surface area contributed by atoms with Crippen molar-refractivity contribution in [3.05, 3.63) is 47.2 Å². The maximum atomic E-state index is 12.3. The van der Waals surface area contributed by atoms with Gasteiger partial charge in [-0.3, -0.25) is 4.79 Å². The van der Waals surface area contributed by atoms with Crippen LogP contribution in [-0.4, -0.2) is 24.0 Å². The minimum absolute atomic E-state index is 0.143. The fourth-order valence-electron chi connectivity index (χ4n) is 3.36. The van der Waals surface area contributed by atoms with E-state index < -0.39 is 0 Å². The van der Waals surface area contributed by atoms with E-state index >= 15 is 0 Å². The van der Waals surface area contributed by atoms with Crippen molar-refractivity contribution in [2.45, 2.75) is 47.4 Å². The number of nitrogens with one attached hydrogen (secondary N) is 2. The highest BCUT2D eigenvalue weighted by atomic mass is 35.5. The molecule has 2 aromatic rings. The largest absolute Gasteiger partial charge is 0.444 e. The number of benzene rings is 1. The van der Waals surface area contributed by atoms with Crippen LogP contribution in [0.1, 0.15) is 29.8 Å². The Morgan fingerprint density at radius 2 is 2.13 bits per heavy atom. The summed E-state index contributed by atoms with van der Waals surface area (Å²) < 4.78 is 5.67. The maximum absolute atomic E-state index is 12.3. The first-order valence-corrected chi connectivity index (χ1v) is 8.97. The predicted octanol–water partition coefficient (Wildman–Crippen LogP) is 3.71. The van der Waals surface area contributed by atoms with Crippen LogP contribution in [0.2, 0.25) is 5.02 Å². The summed E-state index contributed by atoms with van der Waals surface area (Å²) >= 11 is 7.56. The van der Waals surface area contributed by atoms with Crippen LogP contribution in [-0.2, 0) is 0 Å². The Labute approximate surface area is 144 Å². The van der Waals surface area contributed by atoms with Gasteiger partial charge in [-0.1, -0.05) is 35.5 Å². The third-order valence-electron chi connectivity index (χ3n) is 4.47. The quantitative estimate of drug-likeness (QED) is 0.884. The molecule has 6 heteroatoms. The van der Waals surface area contributed by atoms with Gasteiger partial charge >= 0.3 is 0 Å². The van der Waals surface area contributed by atoms with Crippen molar-refractivity contribution in [2.24, 2.45) is 0 Å². The minimum Gasteiger partial charge on any atom is -0.444 e. The smallest absolute Gasteiger partial charge is 0.287 e. The van der Waals surface area contributed by atoms with Crippen molar-refractivity contribution in [2.75, 3.05) is 0 Å². The standard InChI is InChI=1S/C17H17ClN2O2S/c18-11-3-1-2-4-15(11)23-16-8-7-14(22-16)17(21)20-13-9-10-5-6-12(13)19-10/h1-4,7-8,10,12-13,19H,5-6,9H2,(H,20,21)/t10-,12+,13-/m1/s1. The first kappa shape index (κ1) is 15.1. The lowest BCUT2D eigenvalue weighted by Gasteiger charge is -2.20. The van der Waals surface area contributed by atoms with E-state index in [1.165, 1.54) is 18.2 Å². The summed E-state index contributed by atoms with van der Waals surface area (Å²) in [5.74, 6) is 0.206. The van der Waals surface area contributed by atoms with Crippen LogP contribution in [0.15, 0.2) is 50.8 Å². The van der Waals surface area contributed by atoms with E-state index in [1.807, 2.05) is 30.3 Å². The van der Waals surface area contributed by atoms with Gasteiger partial charge < -0.3 is 15.1 Å². The van der Waals surface area contributed by atoms with Crippen molar-refractivity contribution in [3.8, 4) is 0 Å². The normalized spacial score (nSPS) is 25.7. The van der Waals surface area contributed by atoms with Gasteiger partial charge in [0.05, 0.1) is 5.02 Å². The number of carbonyl (C=O) groups excluding carboxylic acids is 1. The van der Waals surface area contributed by atoms with Crippen molar-refractivity contribution >= 4 is 29.3 Å². The third kappa shape index (κ3) is 3.13. The number of hydrogen-bond donors (Lipinski definition) is 2. The lowest BCUT2D eigenvalue weighted by atomic mass is 9.95. The van der Waals surface area contributed by atoms with Gasteiger partial charge in [-0.2, -0.15) is 0 Å². The van der Waals surface area contributed by atoms with E-state index in [0.29, 0.717) is 28.0 Å². The zero-order valence-corrected chi connectivity index (χ0v) is 14.0. The van der Waals surface area contributed by atoms with E-state index in [1.54, 1.807) is 6.07 Å². The lowest BCUT2D eigenvalue weighted by Crippen LogP contribution is -2.42. The summed E-state index contributed by atoms with van der Waals surface area (Å²) in [5.41, 5.74) is 0. The highest BCUT2D eigenvalue weighted by molar-refractivity contribution is 7.99. The molecule has 3 atom stereocenters. The summed E-state index contributed by atoms with van der Waals surface area (Å²) in [5, 5.41) is 7.93. The second-order valence-electron chi connectivity index (χ2n) is 6.01. The molecule has 2 saturated heterocycles. The number of fused-ring (bicyclic) bond motifs is 2. The van der Waals surface area contributed by atoms with Crippen molar-refractivity contribution in [1.82, 2.24) is 10.6 Å². The van der Waals surface area contributed by atoms with E-state index in [0.717, 1.165) is 17.7 Å². The van der Waals surface area contributed by atoms with Gasteiger partial charge in [-0.25, -0.2) is 0 Å². The minimum atomic E-state index is -0.143. The van der Waals surface area contributed by atoms with E-state index in [4.69, 9.17) is 16.0 Å². The Balaban J connectivity index is 1.41. The number of halogens is 1. The zero-order valence-electron chi connectivity index (χ0n) is 12.4. The molecule has 0 unspecified atom stereocenters. The molecule has 1 aromatic heterocycles. The molecule has 4 rings (SSSR count). The molecule has 2 aliphatic rings. The number of rotatable bonds is 4. The fraction of sp³-hybridized carbons (Fsp3) is 0.353. The average Bonchev–Trinajstić information content (AvgIpc) is 3.26. The van der Waals surface area contributed by atoms with E-state index in [9.17, 15) is 4.79 Å². The molecule has 0 aliphatic carbocycles. The summed E-state index contributed by atoms with van der Waals surface area (Å²) in [6.45, 7) is 0. The van der Waals surface area contributed by atoms with Crippen LogP contribution < -0.4 is 10.6 Å². The van der Waals surface area contributed by atoms with Gasteiger partial charge in [-0.15, -0.1) is 0 Å². The molecule has 2 bridgehead atoms. The molecular formula is C17H17ClN2O2S. The molecule has 120 valence electrons. The van der Waals surface area contributed by atoms with Crippen LogP contribution in [0, 0.1) is 0 Å². The Hall–Kier alpha value is -1.43. The van der Waals surface area contributed by atoms with Crippen molar-refractivity contribution in [3.63, 3.8) is 0 Å². The molecule has 0 radical (unpaired) electrons. The first-order valence-electron chi connectivity index (χ1n) is 7.78. The second-order valence-corrected chi connectivity index (χ2v) is 7.47. The average molecular weight is 349 g/mol. The van der Waals surface area contributed by atoms with Crippen molar-refractivity contribution < 1.29 is 9.21 Å². The Kier molecular flexibility index (Phi) is 4.09. The lowest BCUT2D eigenvalue weighted by molar-refractivity contribution is 0.0897. The van der Waals surface area contributed by atoms with Gasteiger partial charge in [0.2, 0.25) is 0 Å². The molecule has 1 aromatic carbocycles. The second kappa shape index (κ2) is 6.23. The topological polar surface area (TPSA) is 54.3 Å². The molecule has 2 fully saturated rings.